The number of benzene rings is 2. The Morgan fingerprint density at radius 2 is 1.60 bits per heavy atom. The first-order valence-corrected chi connectivity index (χ1v) is 13.6. The zero-order valence-electron chi connectivity index (χ0n) is 22.7. The standard InChI is InChI=1S/C29H35N7O4/c1-22(37)23-2-4-25(5-3-23)32-29(38)36-14-12-35(13-15-36)27-10-11-30-28(33-27)31-24-6-8-26(9-7-24)40-21-18-34-16-19-39-20-17-34/h2-11H,12-21H2,1H3,(H,32,38)(H,30,31,33). The summed E-state index contributed by atoms with van der Waals surface area (Å²) in [5.41, 5.74) is 2.15. The minimum absolute atomic E-state index is 0.00438. The Bertz CT molecular complexity index is 1270. The molecule has 0 radical (unpaired) electrons. The summed E-state index contributed by atoms with van der Waals surface area (Å²) in [6, 6.07) is 16.4. The van der Waals surface area contributed by atoms with Gasteiger partial charge in [0.15, 0.2) is 5.78 Å². The second-order valence-electron chi connectivity index (χ2n) is 9.73. The summed E-state index contributed by atoms with van der Waals surface area (Å²) in [5.74, 6) is 2.13. The highest BCUT2D eigenvalue weighted by Crippen LogP contribution is 2.21. The van der Waals surface area contributed by atoms with Crippen LogP contribution >= 0.6 is 0 Å². The van der Waals surface area contributed by atoms with Crippen molar-refractivity contribution in [1.82, 2.24) is 19.8 Å². The van der Waals surface area contributed by atoms with E-state index in [1.54, 1.807) is 35.4 Å². The summed E-state index contributed by atoms with van der Waals surface area (Å²) >= 11 is 0. The average Bonchev–Trinajstić information content (AvgIpc) is 2.99. The Hall–Kier alpha value is -4.22. The van der Waals surface area contributed by atoms with Crippen LogP contribution in [0.15, 0.2) is 60.8 Å². The highest BCUT2D eigenvalue weighted by molar-refractivity contribution is 5.95. The summed E-state index contributed by atoms with van der Waals surface area (Å²) in [5, 5.41) is 6.17. The number of amides is 2. The van der Waals surface area contributed by atoms with Crippen LogP contribution in [0.3, 0.4) is 0 Å². The molecule has 40 heavy (non-hydrogen) atoms. The fourth-order valence-corrected chi connectivity index (χ4v) is 4.60. The third kappa shape index (κ3) is 7.45. The number of piperazine rings is 1. The molecule has 210 valence electrons. The number of rotatable bonds is 9. The number of nitrogens with zero attached hydrogens (tertiary/aromatic N) is 5. The molecule has 3 aromatic rings. The number of ether oxygens (including phenoxy) is 2. The lowest BCUT2D eigenvalue weighted by molar-refractivity contribution is 0.0322. The maximum Gasteiger partial charge on any atom is 0.321 e. The second kappa shape index (κ2) is 13.2. The van der Waals surface area contributed by atoms with Crippen LogP contribution in [-0.4, -0.2) is 97.2 Å². The van der Waals surface area contributed by atoms with E-state index >= 15 is 0 Å². The molecule has 3 heterocycles. The van der Waals surface area contributed by atoms with Crippen LogP contribution < -0.4 is 20.3 Å². The fourth-order valence-electron chi connectivity index (χ4n) is 4.60. The van der Waals surface area contributed by atoms with E-state index in [9.17, 15) is 9.59 Å². The number of morpholine rings is 1. The number of hydrogen-bond donors (Lipinski definition) is 2. The Morgan fingerprint density at radius 3 is 2.30 bits per heavy atom. The van der Waals surface area contributed by atoms with Crippen molar-refractivity contribution in [2.24, 2.45) is 0 Å². The number of nitrogens with one attached hydrogen (secondary N) is 2. The zero-order valence-corrected chi connectivity index (χ0v) is 22.7. The van der Waals surface area contributed by atoms with Gasteiger partial charge in [-0.05, 0) is 61.5 Å². The van der Waals surface area contributed by atoms with E-state index in [4.69, 9.17) is 9.47 Å². The monoisotopic (exact) mass is 545 g/mol. The van der Waals surface area contributed by atoms with Gasteiger partial charge in [-0.3, -0.25) is 9.69 Å². The lowest BCUT2D eigenvalue weighted by atomic mass is 10.1. The molecule has 2 aliphatic rings. The fraction of sp³-hybridized carbons (Fsp3) is 0.379. The molecule has 0 saturated carbocycles. The Morgan fingerprint density at radius 1 is 0.900 bits per heavy atom. The van der Waals surface area contributed by atoms with Crippen molar-refractivity contribution in [3.63, 3.8) is 0 Å². The van der Waals surface area contributed by atoms with Gasteiger partial charge in [-0.15, -0.1) is 0 Å². The molecular formula is C29H35N7O4. The maximum atomic E-state index is 12.7. The number of carbonyl (C=O) groups is 2. The molecule has 2 fully saturated rings. The van der Waals surface area contributed by atoms with Crippen LogP contribution in [0, 0.1) is 0 Å². The van der Waals surface area contributed by atoms with Gasteiger partial charge in [0.2, 0.25) is 5.95 Å². The lowest BCUT2D eigenvalue weighted by Gasteiger charge is -2.35. The number of aromatic nitrogens is 2. The molecule has 2 aliphatic heterocycles. The van der Waals surface area contributed by atoms with Crippen molar-refractivity contribution in [2.75, 3.05) is 81.2 Å². The third-order valence-electron chi connectivity index (χ3n) is 6.96. The van der Waals surface area contributed by atoms with E-state index in [-0.39, 0.29) is 11.8 Å². The van der Waals surface area contributed by atoms with Crippen LogP contribution in [0.5, 0.6) is 5.75 Å². The number of carbonyl (C=O) groups excluding carboxylic acids is 2. The number of ketones is 1. The number of hydrogen-bond acceptors (Lipinski definition) is 9. The highest BCUT2D eigenvalue weighted by atomic mass is 16.5. The molecule has 0 unspecified atom stereocenters. The maximum absolute atomic E-state index is 12.7. The van der Waals surface area contributed by atoms with Gasteiger partial charge in [-0.2, -0.15) is 4.98 Å². The molecule has 0 bridgehead atoms. The van der Waals surface area contributed by atoms with E-state index in [1.807, 2.05) is 30.3 Å². The van der Waals surface area contributed by atoms with Crippen molar-refractivity contribution in [3.8, 4) is 5.75 Å². The third-order valence-corrected chi connectivity index (χ3v) is 6.96. The first-order valence-electron chi connectivity index (χ1n) is 13.6. The van der Waals surface area contributed by atoms with E-state index in [1.165, 1.54) is 6.92 Å². The molecule has 11 nitrogen and oxygen atoms in total. The number of anilines is 4. The quantitative estimate of drug-likeness (QED) is 0.390. The SMILES string of the molecule is CC(=O)c1ccc(NC(=O)N2CCN(c3ccnc(Nc4ccc(OCCN5CCOCC5)cc4)n3)CC2)cc1. The summed E-state index contributed by atoms with van der Waals surface area (Å²) < 4.78 is 11.3. The van der Waals surface area contributed by atoms with Crippen LogP contribution in [0.4, 0.5) is 27.9 Å². The molecule has 0 spiro atoms. The molecule has 5 rings (SSSR count). The van der Waals surface area contributed by atoms with Gasteiger partial charge in [-0.25, -0.2) is 9.78 Å². The summed E-state index contributed by atoms with van der Waals surface area (Å²) in [7, 11) is 0. The lowest BCUT2D eigenvalue weighted by Crippen LogP contribution is -2.50. The molecule has 2 N–H and O–H groups in total. The minimum Gasteiger partial charge on any atom is -0.492 e. The second-order valence-corrected chi connectivity index (χ2v) is 9.73. The number of Topliss-reactive ketones (excluding diaryl/α,β-unsaturated/α-hetero) is 1. The van der Waals surface area contributed by atoms with Crippen LogP contribution in [0.2, 0.25) is 0 Å². The normalized spacial score (nSPS) is 15.9. The summed E-state index contributed by atoms with van der Waals surface area (Å²) in [4.78, 5) is 39.5. The van der Waals surface area contributed by atoms with Crippen molar-refractivity contribution < 1.29 is 19.1 Å². The smallest absolute Gasteiger partial charge is 0.321 e. The van der Waals surface area contributed by atoms with Gasteiger partial charge < -0.3 is 29.9 Å². The van der Waals surface area contributed by atoms with E-state index in [0.29, 0.717) is 50.0 Å². The zero-order chi connectivity index (χ0) is 27.7. The minimum atomic E-state index is -0.159. The number of urea groups is 1. The van der Waals surface area contributed by atoms with Crippen LogP contribution in [0.1, 0.15) is 17.3 Å². The molecule has 0 aliphatic carbocycles. The highest BCUT2D eigenvalue weighted by Gasteiger charge is 2.22. The van der Waals surface area contributed by atoms with Crippen molar-refractivity contribution in [1.29, 1.82) is 0 Å². The average molecular weight is 546 g/mol. The Balaban J connectivity index is 1.08. The van der Waals surface area contributed by atoms with E-state index in [0.717, 1.165) is 50.1 Å². The van der Waals surface area contributed by atoms with Crippen molar-refractivity contribution in [3.05, 3.63) is 66.4 Å². The Labute approximate surface area is 234 Å². The van der Waals surface area contributed by atoms with E-state index < -0.39 is 0 Å². The molecule has 0 atom stereocenters. The van der Waals surface area contributed by atoms with Crippen molar-refractivity contribution >= 4 is 35.0 Å². The van der Waals surface area contributed by atoms with Crippen molar-refractivity contribution in [2.45, 2.75) is 6.92 Å². The van der Waals surface area contributed by atoms with Gasteiger partial charge in [0.05, 0.1) is 13.2 Å². The van der Waals surface area contributed by atoms with Gasteiger partial charge in [0.25, 0.3) is 0 Å². The molecule has 2 saturated heterocycles. The molecule has 11 heteroatoms. The largest absolute Gasteiger partial charge is 0.492 e. The van der Waals surface area contributed by atoms with Gasteiger partial charge >= 0.3 is 6.03 Å². The predicted molar refractivity (Wildman–Crippen MR) is 154 cm³/mol. The topological polar surface area (TPSA) is 112 Å². The summed E-state index contributed by atoms with van der Waals surface area (Å²) in [6.07, 6.45) is 1.73. The first-order chi connectivity index (χ1) is 19.5. The first kappa shape index (κ1) is 27.4. The van der Waals surface area contributed by atoms with Gasteiger partial charge in [0.1, 0.15) is 18.2 Å². The predicted octanol–water partition coefficient (Wildman–Crippen LogP) is 3.49. The van der Waals surface area contributed by atoms with E-state index in [2.05, 4.69) is 30.4 Å². The summed E-state index contributed by atoms with van der Waals surface area (Å²) in [6.45, 7) is 8.98. The van der Waals surface area contributed by atoms with Gasteiger partial charge in [0, 0.05) is 68.9 Å². The van der Waals surface area contributed by atoms with Crippen LogP contribution in [-0.2, 0) is 4.74 Å². The Kier molecular flexibility index (Phi) is 9.04. The molecule has 2 aromatic carbocycles. The van der Waals surface area contributed by atoms with Gasteiger partial charge in [-0.1, -0.05) is 0 Å². The molecule has 2 amide bonds. The molecule has 1 aromatic heterocycles. The molecular weight excluding hydrogens is 510 g/mol. The van der Waals surface area contributed by atoms with Crippen LogP contribution in [0.25, 0.3) is 0 Å².